The quantitative estimate of drug-likeness (QED) is 0.563. The molecule has 1 aliphatic rings. The number of aromatic carboxylic acids is 1. The van der Waals surface area contributed by atoms with Crippen molar-refractivity contribution >= 4 is 29.4 Å². The minimum atomic E-state index is -1.07. The summed E-state index contributed by atoms with van der Waals surface area (Å²) in [6.07, 6.45) is 6.95. The molecule has 2 aromatic carbocycles. The van der Waals surface area contributed by atoms with Crippen molar-refractivity contribution in [2.45, 2.75) is 13.8 Å². The maximum atomic E-state index is 12.9. The normalized spacial score (nSPS) is 14.4. The van der Waals surface area contributed by atoms with E-state index in [9.17, 15) is 14.7 Å². The Morgan fingerprint density at radius 1 is 1.23 bits per heavy atom. The lowest BCUT2D eigenvalue weighted by atomic mass is 10.1. The molecule has 0 saturated carbocycles. The van der Waals surface area contributed by atoms with Gasteiger partial charge in [-0.3, -0.25) is 4.79 Å². The summed E-state index contributed by atoms with van der Waals surface area (Å²) in [6, 6.07) is 11.3. The highest BCUT2D eigenvalue weighted by Crippen LogP contribution is 2.31. The Bertz CT molecular complexity index is 1100. The lowest BCUT2D eigenvalue weighted by Crippen LogP contribution is -2.21. The number of hydrogen-bond donors (Lipinski definition) is 1. The fraction of sp³-hybridized carbons (Fsp3) is 0.174. The number of nitrogens with zero attached hydrogens (tertiary/aromatic N) is 2. The molecule has 1 N–H and O–H groups in total. The lowest BCUT2D eigenvalue weighted by molar-refractivity contribution is -0.114. The molecule has 0 atom stereocenters. The number of amides is 1. The Labute approximate surface area is 174 Å². The molecule has 7 nitrogen and oxygen atoms in total. The van der Waals surface area contributed by atoms with Gasteiger partial charge in [0.15, 0.2) is 11.5 Å². The summed E-state index contributed by atoms with van der Waals surface area (Å²) in [5.74, 6) is 2.03. The molecule has 2 aromatic rings. The average Bonchev–Trinajstić information content (AvgIpc) is 3.02. The molecule has 30 heavy (non-hydrogen) atoms. The van der Waals surface area contributed by atoms with Gasteiger partial charge in [0.25, 0.3) is 5.91 Å². The summed E-state index contributed by atoms with van der Waals surface area (Å²) in [6.45, 7) is 4.14. The average molecular weight is 404 g/mol. The molecule has 0 unspecified atom stereocenters. The summed E-state index contributed by atoms with van der Waals surface area (Å²) in [7, 11) is 0. The van der Waals surface area contributed by atoms with Crippen LogP contribution >= 0.6 is 0 Å². The molecular formula is C23H20N2O5. The van der Waals surface area contributed by atoms with Gasteiger partial charge in [-0.2, -0.15) is 10.1 Å². The molecule has 7 heteroatoms. The zero-order valence-electron chi connectivity index (χ0n) is 16.6. The maximum Gasteiger partial charge on any atom is 0.335 e. The number of carbonyl (C=O) groups is 2. The van der Waals surface area contributed by atoms with E-state index >= 15 is 0 Å². The van der Waals surface area contributed by atoms with Gasteiger partial charge in [-0.1, -0.05) is 18.1 Å². The molecule has 0 aliphatic carbocycles. The zero-order chi connectivity index (χ0) is 21.7. The Morgan fingerprint density at radius 3 is 2.73 bits per heavy atom. The van der Waals surface area contributed by atoms with E-state index in [4.69, 9.17) is 15.9 Å². The van der Waals surface area contributed by atoms with Crippen molar-refractivity contribution in [2.24, 2.45) is 5.10 Å². The first-order valence-electron chi connectivity index (χ1n) is 9.22. The highest BCUT2D eigenvalue weighted by atomic mass is 16.5. The van der Waals surface area contributed by atoms with E-state index < -0.39 is 5.97 Å². The molecular weight excluding hydrogens is 384 g/mol. The second kappa shape index (κ2) is 8.97. The van der Waals surface area contributed by atoms with E-state index in [2.05, 4.69) is 11.0 Å². The first kappa shape index (κ1) is 20.7. The van der Waals surface area contributed by atoms with E-state index in [1.165, 1.54) is 17.1 Å². The first-order chi connectivity index (χ1) is 14.4. The third-order valence-electron chi connectivity index (χ3n) is 4.29. The van der Waals surface area contributed by atoms with Gasteiger partial charge >= 0.3 is 5.97 Å². The zero-order valence-corrected chi connectivity index (χ0v) is 16.6. The van der Waals surface area contributed by atoms with Gasteiger partial charge in [0.1, 0.15) is 6.61 Å². The van der Waals surface area contributed by atoms with Crippen molar-refractivity contribution in [3.63, 3.8) is 0 Å². The van der Waals surface area contributed by atoms with Crippen molar-refractivity contribution in [2.75, 3.05) is 18.2 Å². The van der Waals surface area contributed by atoms with Gasteiger partial charge in [-0.25, -0.2) is 4.79 Å². The van der Waals surface area contributed by atoms with Crippen molar-refractivity contribution in [3.8, 4) is 23.8 Å². The predicted molar refractivity (Wildman–Crippen MR) is 114 cm³/mol. The number of carboxylic acids is 1. The van der Waals surface area contributed by atoms with E-state index in [0.29, 0.717) is 35.1 Å². The van der Waals surface area contributed by atoms with Crippen LogP contribution in [0, 0.1) is 12.3 Å². The summed E-state index contributed by atoms with van der Waals surface area (Å²) >= 11 is 0. The second-order valence-electron chi connectivity index (χ2n) is 6.35. The highest BCUT2D eigenvalue weighted by Gasteiger charge is 2.29. The molecule has 0 aromatic heterocycles. The van der Waals surface area contributed by atoms with Crippen LogP contribution in [0.4, 0.5) is 5.69 Å². The van der Waals surface area contributed by atoms with Gasteiger partial charge in [0.2, 0.25) is 0 Å². The smallest absolute Gasteiger partial charge is 0.335 e. The van der Waals surface area contributed by atoms with Crippen molar-refractivity contribution in [3.05, 3.63) is 59.2 Å². The molecule has 0 spiro atoms. The topological polar surface area (TPSA) is 88.4 Å². The monoisotopic (exact) mass is 404 g/mol. The second-order valence-corrected chi connectivity index (χ2v) is 6.35. The number of carbonyl (C=O) groups excluding carboxylic acids is 1. The first-order valence-corrected chi connectivity index (χ1v) is 9.22. The van der Waals surface area contributed by atoms with Crippen molar-refractivity contribution in [1.82, 2.24) is 0 Å². The van der Waals surface area contributed by atoms with Gasteiger partial charge in [-0.05, 0) is 55.8 Å². The fourth-order valence-corrected chi connectivity index (χ4v) is 2.92. The molecule has 1 aliphatic heterocycles. The van der Waals surface area contributed by atoms with Crippen LogP contribution in [0.15, 0.2) is 53.1 Å². The van der Waals surface area contributed by atoms with Crippen LogP contribution in [0.5, 0.6) is 11.5 Å². The van der Waals surface area contributed by atoms with Crippen LogP contribution in [0.2, 0.25) is 0 Å². The number of rotatable bonds is 7. The van der Waals surface area contributed by atoms with Gasteiger partial charge < -0.3 is 14.6 Å². The van der Waals surface area contributed by atoms with Gasteiger partial charge in [0, 0.05) is 0 Å². The third kappa shape index (κ3) is 4.33. The van der Waals surface area contributed by atoms with E-state index in [-0.39, 0.29) is 18.1 Å². The number of carboxylic acid groups (broad SMARTS) is 1. The van der Waals surface area contributed by atoms with E-state index in [0.717, 1.165) is 5.56 Å². The van der Waals surface area contributed by atoms with Gasteiger partial charge in [0.05, 0.1) is 29.1 Å². The number of benzene rings is 2. The Balaban J connectivity index is 1.91. The number of terminal acetylenes is 1. The molecule has 0 radical (unpaired) electrons. The number of hydrazone groups is 1. The minimum Gasteiger partial charge on any atom is -0.490 e. The van der Waals surface area contributed by atoms with Crippen LogP contribution in [0.3, 0.4) is 0 Å². The van der Waals surface area contributed by atoms with E-state index in [1.54, 1.807) is 43.3 Å². The molecule has 3 rings (SSSR count). The number of hydrogen-bond acceptors (Lipinski definition) is 5. The SMILES string of the molecule is C#CCOc1ccc(/C=C2\C(=O)N(c3cccc(C(=O)O)c3)N=C2C)cc1OCC. The van der Waals surface area contributed by atoms with Gasteiger partial charge in [-0.15, -0.1) is 6.42 Å². The summed E-state index contributed by atoms with van der Waals surface area (Å²) < 4.78 is 11.1. The molecule has 1 amide bonds. The van der Waals surface area contributed by atoms with Crippen LogP contribution in [-0.2, 0) is 4.79 Å². The third-order valence-corrected chi connectivity index (χ3v) is 4.29. The Kier molecular flexibility index (Phi) is 6.18. The molecule has 152 valence electrons. The van der Waals surface area contributed by atoms with Crippen molar-refractivity contribution in [1.29, 1.82) is 0 Å². The Morgan fingerprint density at radius 2 is 2.03 bits per heavy atom. The fourth-order valence-electron chi connectivity index (χ4n) is 2.92. The molecule has 0 saturated heterocycles. The van der Waals surface area contributed by atoms with Crippen LogP contribution in [0.25, 0.3) is 6.08 Å². The minimum absolute atomic E-state index is 0.0782. The largest absolute Gasteiger partial charge is 0.490 e. The predicted octanol–water partition coefficient (Wildman–Crippen LogP) is 3.60. The Hall–Kier alpha value is -4.05. The van der Waals surface area contributed by atoms with Crippen LogP contribution < -0.4 is 14.5 Å². The highest BCUT2D eigenvalue weighted by molar-refractivity contribution is 6.32. The summed E-state index contributed by atoms with van der Waals surface area (Å²) in [5, 5.41) is 14.7. The molecule has 0 fully saturated rings. The molecule has 1 heterocycles. The summed E-state index contributed by atoms with van der Waals surface area (Å²) in [4.78, 5) is 24.2. The number of anilines is 1. The maximum absolute atomic E-state index is 12.9. The summed E-state index contributed by atoms with van der Waals surface area (Å²) in [5.41, 5.74) is 2.11. The lowest BCUT2D eigenvalue weighted by Gasteiger charge is -2.12. The van der Waals surface area contributed by atoms with Crippen LogP contribution in [0.1, 0.15) is 29.8 Å². The standard InChI is InChI=1S/C23H20N2O5/c1-4-11-30-20-10-9-16(13-21(20)29-5-2)12-19-15(3)24-25(22(19)26)18-8-6-7-17(14-18)23(27)28/h1,6-10,12-14H,5,11H2,2-3H3,(H,27,28)/b19-12-. The van der Waals surface area contributed by atoms with Crippen molar-refractivity contribution < 1.29 is 24.2 Å². The van der Waals surface area contributed by atoms with E-state index in [1.807, 2.05) is 6.92 Å². The van der Waals surface area contributed by atoms with Crippen LogP contribution in [-0.4, -0.2) is 35.9 Å². The number of ether oxygens (including phenoxy) is 2. The molecule has 0 bridgehead atoms.